The normalized spacial score (nSPS) is 15.7. The van der Waals surface area contributed by atoms with E-state index < -0.39 is 4.92 Å². The van der Waals surface area contributed by atoms with Crippen molar-refractivity contribution < 1.29 is 9.72 Å². The third-order valence-corrected chi connectivity index (χ3v) is 3.42. The van der Waals surface area contributed by atoms with Gasteiger partial charge in [0.2, 0.25) is 0 Å². The largest absolute Gasteiger partial charge is 0.364 e. The summed E-state index contributed by atoms with van der Waals surface area (Å²) < 4.78 is 0. The number of anilines is 1. The summed E-state index contributed by atoms with van der Waals surface area (Å²) in [6, 6.07) is 1.25. The number of nitrogens with one attached hydrogen (secondary N) is 2. The summed E-state index contributed by atoms with van der Waals surface area (Å²) in [5.74, 6) is 4.57. The first-order valence-corrected chi connectivity index (χ1v) is 6.53. The van der Waals surface area contributed by atoms with Crippen molar-refractivity contribution in [2.75, 3.05) is 5.43 Å². The molecule has 0 aliphatic heterocycles. The molecule has 1 fully saturated rings. The van der Waals surface area contributed by atoms with E-state index in [1.165, 1.54) is 12.6 Å². The Balaban J connectivity index is 2.18. The first-order valence-electron chi connectivity index (χ1n) is 6.53. The molecule has 0 radical (unpaired) electrons. The lowest BCUT2D eigenvalue weighted by Gasteiger charge is -2.23. The van der Waals surface area contributed by atoms with Crippen LogP contribution in [0, 0.1) is 10.1 Å². The molecule has 0 aromatic carbocycles. The van der Waals surface area contributed by atoms with Crippen LogP contribution in [0.1, 0.15) is 42.5 Å². The molecule has 1 saturated carbocycles. The summed E-state index contributed by atoms with van der Waals surface area (Å²) >= 11 is 0. The monoisotopic (exact) mass is 279 g/mol. The molecule has 8 heteroatoms. The van der Waals surface area contributed by atoms with Crippen LogP contribution in [-0.4, -0.2) is 21.9 Å². The molecule has 1 amide bonds. The fraction of sp³-hybridized carbons (Fsp3) is 0.500. The van der Waals surface area contributed by atoms with Crippen LogP contribution < -0.4 is 16.6 Å². The highest BCUT2D eigenvalue weighted by molar-refractivity contribution is 6.00. The molecule has 0 bridgehead atoms. The van der Waals surface area contributed by atoms with Gasteiger partial charge < -0.3 is 20.9 Å². The van der Waals surface area contributed by atoms with E-state index in [2.05, 4.69) is 15.7 Å². The first-order chi connectivity index (χ1) is 9.61. The highest BCUT2D eigenvalue weighted by Gasteiger charge is 2.21. The van der Waals surface area contributed by atoms with Crippen LogP contribution in [-0.2, 0) is 0 Å². The molecule has 0 atom stereocenters. The number of hydrazine groups is 1. The number of nitro groups is 1. The highest BCUT2D eigenvalue weighted by Crippen LogP contribution is 2.21. The minimum Gasteiger partial charge on any atom is -0.358 e. The number of aromatic nitrogens is 1. The van der Waals surface area contributed by atoms with E-state index in [9.17, 15) is 14.9 Å². The zero-order valence-corrected chi connectivity index (χ0v) is 11.0. The maximum absolute atomic E-state index is 12.2. The molecule has 1 aliphatic carbocycles. The summed E-state index contributed by atoms with van der Waals surface area (Å²) in [5, 5.41) is 13.6. The Labute approximate surface area is 115 Å². The van der Waals surface area contributed by atoms with Crippen LogP contribution in [0.3, 0.4) is 0 Å². The van der Waals surface area contributed by atoms with Crippen LogP contribution >= 0.6 is 0 Å². The van der Waals surface area contributed by atoms with Gasteiger partial charge in [-0.25, -0.2) is 0 Å². The Kier molecular flexibility index (Phi) is 4.46. The lowest BCUT2D eigenvalue weighted by molar-refractivity contribution is -0.389. The lowest BCUT2D eigenvalue weighted by atomic mass is 9.95. The fourth-order valence-corrected chi connectivity index (χ4v) is 2.36. The van der Waals surface area contributed by atoms with Gasteiger partial charge >= 0.3 is 5.82 Å². The molecule has 20 heavy (non-hydrogen) atoms. The Morgan fingerprint density at radius 2 is 2.10 bits per heavy atom. The summed E-state index contributed by atoms with van der Waals surface area (Å²) in [7, 11) is 0. The molecular formula is C12H17N5O3. The highest BCUT2D eigenvalue weighted by atomic mass is 16.6. The van der Waals surface area contributed by atoms with E-state index in [1.54, 1.807) is 0 Å². The van der Waals surface area contributed by atoms with Gasteiger partial charge in [0.25, 0.3) is 5.91 Å². The van der Waals surface area contributed by atoms with Crippen molar-refractivity contribution in [3.05, 3.63) is 27.9 Å². The van der Waals surface area contributed by atoms with Crippen molar-refractivity contribution in [3.8, 4) is 0 Å². The summed E-state index contributed by atoms with van der Waals surface area (Å²) in [6.45, 7) is 0. The number of nitrogens with two attached hydrogens (primary N) is 1. The maximum Gasteiger partial charge on any atom is 0.364 e. The van der Waals surface area contributed by atoms with E-state index >= 15 is 0 Å². The summed E-state index contributed by atoms with van der Waals surface area (Å²) in [6.07, 6.45) is 6.41. The lowest BCUT2D eigenvalue weighted by Crippen LogP contribution is -2.36. The number of carbonyl (C=O) groups excluding carboxylic acids is 1. The van der Waals surface area contributed by atoms with Gasteiger partial charge in [0.15, 0.2) is 6.20 Å². The molecule has 2 rings (SSSR count). The average molecular weight is 279 g/mol. The standard InChI is InChI=1S/C12H17N5O3/c13-16-10-7-14-11(17(19)20)6-9(10)12(18)15-8-4-2-1-3-5-8/h6-8,16H,1-5,13H2,(H,15,18). The van der Waals surface area contributed by atoms with Crippen molar-refractivity contribution in [2.45, 2.75) is 38.1 Å². The van der Waals surface area contributed by atoms with E-state index in [1.807, 2.05) is 0 Å². The number of rotatable bonds is 4. The number of amides is 1. The van der Waals surface area contributed by atoms with Gasteiger partial charge in [0.1, 0.15) is 5.69 Å². The second-order valence-electron chi connectivity index (χ2n) is 4.80. The molecule has 0 saturated heterocycles. The third kappa shape index (κ3) is 3.21. The molecule has 0 spiro atoms. The van der Waals surface area contributed by atoms with Gasteiger partial charge in [-0.05, 0) is 22.7 Å². The minimum absolute atomic E-state index is 0.120. The van der Waals surface area contributed by atoms with Gasteiger partial charge in [-0.15, -0.1) is 0 Å². The van der Waals surface area contributed by atoms with Gasteiger partial charge in [-0.2, -0.15) is 0 Å². The number of carbonyl (C=O) groups is 1. The molecule has 0 unspecified atom stereocenters. The smallest absolute Gasteiger partial charge is 0.358 e. The summed E-state index contributed by atoms with van der Waals surface area (Å²) in [5.41, 5.74) is 2.74. The third-order valence-electron chi connectivity index (χ3n) is 3.42. The molecule has 1 aliphatic rings. The zero-order valence-electron chi connectivity index (χ0n) is 11.0. The molecule has 1 aromatic rings. The topological polar surface area (TPSA) is 123 Å². The summed E-state index contributed by atoms with van der Waals surface area (Å²) in [4.78, 5) is 25.9. The number of nitrogens with zero attached hydrogens (tertiary/aromatic N) is 2. The first kappa shape index (κ1) is 14.2. The van der Waals surface area contributed by atoms with Crippen LogP contribution in [0.15, 0.2) is 12.3 Å². The van der Waals surface area contributed by atoms with Crippen LogP contribution in [0.2, 0.25) is 0 Å². The van der Waals surface area contributed by atoms with E-state index in [-0.39, 0.29) is 29.0 Å². The van der Waals surface area contributed by atoms with Gasteiger partial charge in [0, 0.05) is 6.04 Å². The second kappa shape index (κ2) is 6.29. The number of hydrogen-bond acceptors (Lipinski definition) is 6. The fourth-order valence-electron chi connectivity index (χ4n) is 2.36. The number of pyridine rings is 1. The quantitative estimate of drug-likeness (QED) is 0.434. The maximum atomic E-state index is 12.2. The van der Waals surface area contributed by atoms with Crippen LogP contribution in [0.4, 0.5) is 11.5 Å². The zero-order chi connectivity index (χ0) is 14.5. The molecule has 108 valence electrons. The minimum atomic E-state index is -0.641. The van der Waals surface area contributed by atoms with Crippen molar-refractivity contribution in [2.24, 2.45) is 5.84 Å². The molecular weight excluding hydrogens is 262 g/mol. The van der Waals surface area contributed by atoms with Gasteiger partial charge in [0.05, 0.1) is 11.6 Å². The van der Waals surface area contributed by atoms with Gasteiger partial charge in [-0.1, -0.05) is 19.3 Å². The second-order valence-corrected chi connectivity index (χ2v) is 4.80. The molecule has 1 heterocycles. The number of hydrogen-bond donors (Lipinski definition) is 3. The average Bonchev–Trinajstić information content (AvgIpc) is 2.47. The molecule has 4 N–H and O–H groups in total. The van der Waals surface area contributed by atoms with E-state index in [0.29, 0.717) is 0 Å². The Morgan fingerprint density at radius 3 is 2.70 bits per heavy atom. The number of nitrogen functional groups attached to an aromatic ring is 1. The van der Waals surface area contributed by atoms with Gasteiger partial charge in [-0.3, -0.25) is 10.6 Å². The van der Waals surface area contributed by atoms with Crippen LogP contribution in [0.25, 0.3) is 0 Å². The Bertz CT molecular complexity index is 514. The van der Waals surface area contributed by atoms with E-state index in [0.717, 1.165) is 31.7 Å². The van der Waals surface area contributed by atoms with Crippen molar-refractivity contribution in [3.63, 3.8) is 0 Å². The van der Waals surface area contributed by atoms with Crippen molar-refractivity contribution in [1.82, 2.24) is 10.3 Å². The Morgan fingerprint density at radius 1 is 1.40 bits per heavy atom. The predicted molar refractivity (Wildman–Crippen MR) is 73.0 cm³/mol. The molecule has 1 aromatic heterocycles. The van der Waals surface area contributed by atoms with E-state index in [4.69, 9.17) is 5.84 Å². The van der Waals surface area contributed by atoms with Crippen LogP contribution in [0.5, 0.6) is 0 Å². The Hall–Kier alpha value is -2.22. The predicted octanol–water partition coefficient (Wildman–Crippen LogP) is 1.34. The van der Waals surface area contributed by atoms with Crippen molar-refractivity contribution >= 4 is 17.4 Å². The molecule has 8 nitrogen and oxygen atoms in total. The SMILES string of the molecule is NNc1cnc([N+](=O)[O-])cc1C(=O)NC1CCCCC1. The van der Waals surface area contributed by atoms with Crippen molar-refractivity contribution in [1.29, 1.82) is 0 Å².